The highest BCUT2D eigenvalue weighted by Crippen LogP contribution is 2.29. The number of halogens is 1. The van der Waals surface area contributed by atoms with E-state index in [1.807, 2.05) is 13.8 Å². The molecule has 2 aromatic rings. The van der Waals surface area contributed by atoms with Crippen LogP contribution in [-0.4, -0.2) is 34.8 Å². The molecule has 2 amide bonds. The topological polar surface area (TPSA) is 66.7 Å². The summed E-state index contributed by atoms with van der Waals surface area (Å²) >= 11 is 0. The Morgan fingerprint density at radius 2 is 2.19 bits per heavy atom. The fourth-order valence-electron chi connectivity index (χ4n) is 3.68. The number of carbonyl (C=O) groups excluding carboxylic acids is 2. The Balaban J connectivity index is 1.46. The number of rotatable bonds is 3. The van der Waals surface area contributed by atoms with Crippen molar-refractivity contribution in [2.75, 3.05) is 18.0 Å². The van der Waals surface area contributed by atoms with Crippen molar-refractivity contribution >= 4 is 17.5 Å². The zero-order chi connectivity index (χ0) is 19.1. The molecule has 0 radical (unpaired) electrons. The Hall–Kier alpha value is -2.70. The lowest BCUT2D eigenvalue weighted by molar-refractivity contribution is -0.136. The van der Waals surface area contributed by atoms with E-state index in [0.717, 1.165) is 11.5 Å². The highest BCUT2D eigenvalue weighted by atomic mass is 19.1. The van der Waals surface area contributed by atoms with Crippen molar-refractivity contribution in [2.24, 2.45) is 5.92 Å². The zero-order valence-electron chi connectivity index (χ0n) is 15.4. The van der Waals surface area contributed by atoms with Gasteiger partial charge in [-0.3, -0.25) is 9.59 Å². The predicted molar refractivity (Wildman–Crippen MR) is 96.6 cm³/mol. The average Bonchev–Trinajstić information content (AvgIpc) is 3.24. The molecule has 0 saturated carbocycles. The molecular formula is C20H22FN3O3. The first-order valence-electron chi connectivity index (χ1n) is 9.25. The second-order valence-electron chi connectivity index (χ2n) is 7.47. The van der Waals surface area contributed by atoms with Crippen molar-refractivity contribution < 1.29 is 18.4 Å². The van der Waals surface area contributed by atoms with Gasteiger partial charge in [0, 0.05) is 37.5 Å². The van der Waals surface area contributed by atoms with Crippen LogP contribution >= 0.6 is 0 Å². The Labute approximate surface area is 157 Å². The van der Waals surface area contributed by atoms with Gasteiger partial charge in [0.15, 0.2) is 5.89 Å². The SMILES string of the molecule is CC(C)c1nc2c(o1)CCN(C(=O)C1CC(=O)N(c3cccc(F)c3)C1)C2. The number of hydrogen-bond acceptors (Lipinski definition) is 4. The molecular weight excluding hydrogens is 349 g/mol. The van der Waals surface area contributed by atoms with Crippen LogP contribution < -0.4 is 4.90 Å². The number of amides is 2. The number of fused-ring (bicyclic) bond motifs is 1. The van der Waals surface area contributed by atoms with E-state index >= 15 is 0 Å². The number of aromatic nitrogens is 1. The van der Waals surface area contributed by atoms with Crippen molar-refractivity contribution in [2.45, 2.75) is 39.2 Å². The summed E-state index contributed by atoms with van der Waals surface area (Å²) in [6.45, 7) is 5.29. The molecule has 6 nitrogen and oxygen atoms in total. The van der Waals surface area contributed by atoms with Gasteiger partial charge < -0.3 is 14.2 Å². The first kappa shape index (κ1) is 17.7. The van der Waals surface area contributed by atoms with Crippen molar-refractivity contribution in [3.8, 4) is 0 Å². The quantitative estimate of drug-likeness (QED) is 0.832. The summed E-state index contributed by atoms with van der Waals surface area (Å²) in [6, 6.07) is 5.90. The summed E-state index contributed by atoms with van der Waals surface area (Å²) in [4.78, 5) is 33.1. The minimum atomic E-state index is -0.418. The molecule has 0 aliphatic carbocycles. The molecule has 142 valence electrons. The van der Waals surface area contributed by atoms with Gasteiger partial charge in [0.05, 0.1) is 12.5 Å². The first-order chi connectivity index (χ1) is 12.9. The Bertz CT molecular complexity index is 892. The summed E-state index contributed by atoms with van der Waals surface area (Å²) in [5, 5.41) is 0. The monoisotopic (exact) mass is 371 g/mol. The second kappa shape index (κ2) is 6.79. The Kier molecular flexibility index (Phi) is 4.45. The van der Waals surface area contributed by atoms with Gasteiger partial charge in [0.2, 0.25) is 11.8 Å². The van der Waals surface area contributed by atoms with Crippen molar-refractivity contribution in [3.05, 3.63) is 47.4 Å². The number of anilines is 1. The molecule has 2 aliphatic heterocycles. The van der Waals surface area contributed by atoms with Gasteiger partial charge in [0.25, 0.3) is 0 Å². The van der Waals surface area contributed by atoms with Gasteiger partial charge in [0.1, 0.15) is 17.3 Å². The lowest BCUT2D eigenvalue weighted by atomic mass is 10.0. The van der Waals surface area contributed by atoms with E-state index < -0.39 is 11.7 Å². The molecule has 1 fully saturated rings. The molecule has 1 atom stereocenters. The Morgan fingerprint density at radius 3 is 2.93 bits per heavy atom. The van der Waals surface area contributed by atoms with E-state index in [0.29, 0.717) is 31.1 Å². The van der Waals surface area contributed by atoms with Gasteiger partial charge in [-0.05, 0) is 18.2 Å². The van der Waals surface area contributed by atoms with Crippen molar-refractivity contribution in [1.82, 2.24) is 9.88 Å². The van der Waals surface area contributed by atoms with E-state index in [1.165, 1.54) is 17.0 Å². The van der Waals surface area contributed by atoms with E-state index in [1.54, 1.807) is 17.0 Å². The summed E-state index contributed by atoms with van der Waals surface area (Å²) in [5.41, 5.74) is 1.30. The van der Waals surface area contributed by atoms with Gasteiger partial charge >= 0.3 is 0 Å². The third kappa shape index (κ3) is 3.34. The number of hydrogen-bond donors (Lipinski definition) is 0. The van der Waals surface area contributed by atoms with E-state index in [9.17, 15) is 14.0 Å². The maximum absolute atomic E-state index is 13.5. The summed E-state index contributed by atoms with van der Waals surface area (Å²) < 4.78 is 19.2. The lowest BCUT2D eigenvalue weighted by Gasteiger charge is -2.27. The highest BCUT2D eigenvalue weighted by Gasteiger charge is 2.38. The minimum Gasteiger partial charge on any atom is -0.445 e. The molecule has 27 heavy (non-hydrogen) atoms. The fourth-order valence-corrected chi connectivity index (χ4v) is 3.68. The number of nitrogens with zero attached hydrogens (tertiary/aromatic N) is 3. The van der Waals surface area contributed by atoms with E-state index in [-0.39, 0.29) is 30.7 Å². The van der Waals surface area contributed by atoms with Crippen LogP contribution in [0.1, 0.15) is 43.5 Å². The maximum atomic E-state index is 13.5. The maximum Gasteiger partial charge on any atom is 0.228 e. The normalized spacial score (nSPS) is 19.7. The summed E-state index contributed by atoms with van der Waals surface area (Å²) in [6.07, 6.45) is 0.782. The van der Waals surface area contributed by atoms with Crippen LogP contribution in [0.4, 0.5) is 10.1 Å². The molecule has 0 spiro atoms. The largest absolute Gasteiger partial charge is 0.445 e. The lowest BCUT2D eigenvalue weighted by Crippen LogP contribution is -2.40. The molecule has 1 unspecified atom stereocenters. The Morgan fingerprint density at radius 1 is 1.37 bits per heavy atom. The summed E-state index contributed by atoms with van der Waals surface area (Å²) in [5.74, 6) is 0.730. The van der Waals surface area contributed by atoms with Crippen LogP contribution in [0.5, 0.6) is 0 Å². The molecule has 1 saturated heterocycles. The molecule has 0 N–H and O–H groups in total. The molecule has 7 heteroatoms. The molecule has 4 rings (SSSR count). The molecule has 2 aliphatic rings. The number of carbonyl (C=O) groups is 2. The number of benzene rings is 1. The van der Waals surface area contributed by atoms with Gasteiger partial charge in [-0.15, -0.1) is 0 Å². The van der Waals surface area contributed by atoms with Crippen LogP contribution in [0.3, 0.4) is 0 Å². The van der Waals surface area contributed by atoms with Gasteiger partial charge in [-0.25, -0.2) is 9.37 Å². The molecule has 0 bridgehead atoms. The van der Waals surface area contributed by atoms with E-state index in [4.69, 9.17) is 4.42 Å². The van der Waals surface area contributed by atoms with Crippen LogP contribution in [0.15, 0.2) is 28.7 Å². The minimum absolute atomic E-state index is 0.0537. The molecule has 1 aromatic carbocycles. The molecule has 1 aromatic heterocycles. The predicted octanol–water partition coefficient (Wildman–Crippen LogP) is 2.87. The smallest absolute Gasteiger partial charge is 0.228 e. The average molecular weight is 371 g/mol. The summed E-state index contributed by atoms with van der Waals surface area (Å²) in [7, 11) is 0. The highest BCUT2D eigenvalue weighted by molar-refractivity contribution is 6.00. The van der Waals surface area contributed by atoms with Crippen LogP contribution in [0.2, 0.25) is 0 Å². The van der Waals surface area contributed by atoms with Crippen molar-refractivity contribution in [1.29, 1.82) is 0 Å². The van der Waals surface area contributed by atoms with Crippen molar-refractivity contribution in [3.63, 3.8) is 0 Å². The number of oxazole rings is 1. The zero-order valence-corrected chi connectivity index (χ0v) is 15.4. The third-order valence-corrected chi connectivity index (χ3v) is 5.14. The fraction of sp³-hybridized carbons (Fsp3) is 0.450. The van der Waals surface area contributed by atoms with Crippen LogP contribution in [0, 0.1) is 11.7 Å². The van der Waals surface area contributed by atoms with E-state index in [2.05, 4.69) is 4.98 Å². The third-order valence-electron chi connectivity index (χ3n) is 5.14. The van der Waals surface area contributed by atoms with Crippen LogP contribution in [0.25, 0.3) is 0 Å². The standard InChI is InChI=1S/C20H22FN3O3/c1-12(2)19-22-16-11-23(7-6-17(16)27-19)20(26)13-8-18(25)24(10-13)15-5-3-4-14(21)9-15/h3-5,9,12-13H,6-8,10-11H2,1-2H3. The second-order valence-corrected chi connectivity index (χ2v) is 7.47. The van der Waals surface area contributed by atoms with Crippen LogP contribution in [-0.2, 0) is 22.6 Å². The van der Waals surface area contributed by atoms with Gasteiger partial charge in [-0.2, -0.15) is 0 Å². The molecule has 3 heterocycles. The van der Waals surface area contributed by atoms with Gasteiger partial charge in [-0.1, -0.05) is 19.9 Å². The first-order valence-corrected chi connectivity index (χ1v) is 9.25.